The molecule has 0 saturated carbocycles. The highest BCUT2D eigenvalue weighted by Gasteiger charge is 2.30. The monoisotopic (exact) mass is 268 g/mol. The minimum absolute atomic E-state index is 0.200. The van der Waals surface area contributed by atoms with Gasteiger partial charge in [0.15, 0.2) is 0 Å². The van der Waals surface area contributed by atoms with Crippen LogP contribution in [-0.4, -0.2) is 17.9 Å². The summed E-state index contributed by atoms with van der Waals surface area (Å²) in [5.74, 6) is -0.493. The summed E-state index contributed by atoms with van der Waals surface area (Å²) in [5, 5.41) is 5.25. The zero-order valence-electron chi connectivity index (χ0n) is 7.79. The molecule has 1 fully saturated rings. The summed E-state index contributed by atoms with van der Waals surface area (Å²) >= 11 is 3.33. The quantitative estimate of drug-likeness (QED) is 0.795. The lowest BCUT2D eigenvalue weighted by Gasteiger charge is -2.10. The Labute approximate surface area is 95.2 Å². The molecular weight excluding hydrogens is 260 g/mol. The van der Waals surface area contributed by atoms with Gasteiger partial charge in [-0.25, -0.2) is 0 Å². The predicted molar refractivity (Wildman–Crippen MR) is 59.3 cm³/mol. The number of nitrogens with one attached hydrogen (secondary N) is 2. The second-order valence-corrected chi connectivity index (χ2v) is 4.24. The van der Waals surface area contributed by atoms with E-state index in [2.05, 4.69) is 26.6 Å². The molecule has 1 aliphatic heterocycles. The van der Waals surface area contributed by atoms with Crippen LogP contribution in [0.1, 0.15) is 6.42 Å². The van der Waals surface area contributed by atoms with E-state index in [1.165, 1.54) is 0 Å². The van der Waals surface area contributed by atoms with Crippen LogP contribution in [0.25, 0.3) is 0 Å². The summed E-state index contributed by atoms with van der Waals surface area (Å²) in [7, 11) is 0. The van der Waals surface area contributed by atoms with E-state index in [-0.39, 0.29) is 18.2 Å². The molecule has 15 heavy (non-hydrogen) atoms. The number of anilines is 1. The number of rotatable bonds is 2. The van der Waals surface area contributed by atoms with Gasteiger partial charge >= 0.3 is 0 Å². The molecule has 1 heterocycles. The normalized spacial score (nSPS) is 20.2. The van der Waals surface area contributed by atoms with Crippen molar-refractivity contribution in [2.75, 3.05) is 5.32 Å². The van der Waals surface area contributed by atoms with Gasteiger partial charge in [-0.3, -0.25) is 14.9 Å². The van der Waals surface area contributed by atoms with E-state index in [1.54, 1.807) is 0 Å². The molecule has 1 aromatic carbocycles. The Morgan fingerprint density at radius 2 is 2.20 bits per heavy atom. The largest absolute Gasteiger partial charge is 0.373 e. The first kappa shape index (κ1) is 10.2. The molecular formula is C10H9BrN2O2. The highest BCUT2D eigenvalue weighted by atomic mass is 79.9. The van der Waals surface area contributed by atoms with Crippen LogP contribution in [0, 0.1) is 0 Å². The summed E-state index contributed by atoms with van der Waals surface area (Å²) < 4.78 is 0.928. The third-order valence-corrected chi connectivity index (χ3v) is 2.63. The van der Waals surface area contributed by atoms with Crippen LogP contribution in [0.4, 0.5) is 5.69 Å². The topological polar surface area (TPSA) is 58.2 Å². The van der Waals surface area contributed by atoms with E-state index in [1.807, 2.05) is 24.3 Å². The number of amides is 2. The van der Waals surface area contributed by atoms with Crippen molar-refractivity contribution in [1.29, 1.82) is 0 Å². The van der Waals surface area contributed by atoms with Crippen LogP contribution < -0.4 is 10.6 Å². The van der Waals surface area contributed by atoms with E-state index < -0.39 is 6.04 Å². The average molecular weight is 269 g/mol. The summed E-state index contributed by atoms with van der Waals surface area (Å²) in [6.07, 6.45) is 0.200. The second kappa shape index (κ2) is 4.02. The van der Waals surface area contributed by atoms with Gasteiger partial charge in [-0.2, -0.15) is 0 Å². The maximum Gasteiger partial charge on any atom is 0.249 e. The van der Waals surface area contributed by atoms with E-state index in [0.29, 0.717) is 0 Å². The number of halogens is 1. The summed E-state index contributed by atoms with van der Waals surface area (Å²) in [6.45, 7) is 0. The Morgan fingerprint density at radius 3 is 2.80 bits per heavy atom. The fourth-order valence-corrected chi connectivity index (χ4v) is 1.85. The van der Waals surface area contributed by atoms with Crippen molar-refractivity contribution in [1.82, 2.24) is 5.32 Å². The molecule has 2 rings (SSSR count). The zero-order valence-corrected chi connectivity index (χ0v) is 9.37. The molecule has 2 N–H and O–H groups in total. The molecule has 78 valence electrons. The van der Waals surface area contributed by atoms with Crippen LogP contribution >= 0.6 is 15.9 Å². The summed E-state index contributed by atoms with van der Waals surface area (Å²) in [5.41, 5.74) is 0.819. The first-order valence-electron chi connectivity index (χ1n) is 4.51. The lowest BCUT2D eigenvalue weighted by molar-refractivity contribution is -0.124. The number of hydrogen-bond acceptors (Lipinski definition) is 3. The maximum absolute atomic E-state index is 11.3. The minimum atomic E-state index is -0.452. The van der Waals surface area contributed by atoms with Crippen LogP contribution in [0.3, 0.4) is 0 Å². The highest BCUT2D eigenvalue weighted by molar-refractivity contribution is 9.10. The maximum atomic E-state index is 11.3. The van der Waals surface area contributed by atoms with Gasteiger partial charge in [-0.15, -0.1) is 0 Å². The van der Waals surface area contributed by atoms with Crippen molar-refractivity contribution in [2.24, 2.45) is 0 Å². The molecule has 4 nitrogen and oxygen atoms in total. The summed E-state index contributed by atoms with van der Waals surface area (Å²) in [6, 6.07) is 7.01. The molecule has 0 aromatic heterocycles. The standard InChI is InChI=1S/C10H9BrN2O2/c11-6-2-1-3-7(4-6)12-8-5-9(14)13-10(8)15/h1-4,8,12H,5H2,(H,13,14,15). The fourth-order valence-electron chi connectivity index (χ4n) is 1.45. The number of imide groups is 1. The Morgan fingerprint density at radius 1 is 1.40 bits per heavy atom. The van der Waals surface area contributed by atoms with Gasteiger partial charge in [0.1, 0.15) is 6.04 Å². The Bertz CT molecular complexity index is 420. The first-order valence-corrected chi connectivity index (χ1v) is 5.30. The van der Waals surface area contributed by atoms with Gasteiger partial charge in [-0.1, -0.05) is 22.0 Å². The van der Waals surface area contributed by atoms with Crippen molar-refractivity contribution in [3.05, 3.63) is 28.7 Å². The van der Waals surface area contributed by atoms with Crippen LogP contribution in [0.15, 0.2) is 28.7 Å². The Balaban J connectivity index is 2.09. The molecule has 1 unspecified atom stereocenters. The van der Waals surface area contributed by atoms with Crippen molar-refractivity contribution in [2.45, 2.75) is 12.5 Å². The molecule has 1 saturated heterocycles. The summed E-state index contributed by atoms with van der Waals surface area (Å²) in [4.78, 5) is 22.2. The van der Waals surface area contributed by atoms with Crippen LogP contribution in [-0.2, 0) is 9.59 Å². The Hall–Kier alpha value is -1.36. The number of hydrogen-bond donors (Lipinski definition) is 2. The molecule has 1 aromatic rings. The fraction of sp³-hybridized carbons (Fsp3) is 0.200. The molecule has 5 heteroatoms. The lowest BCUT2D eigenvalue weighted by Crippen LogP contribution is -2.29. The lowest BCUT2D eigenvalue weighted by atomic mass is 10.2. The van der Waals surface area contributed by atoms with Gasteiger partial charge in [0, 0.05) is 10.2 Å². The minimum Gasteiger partial charge on any atom is -0.373 e. The first-order chi connectivity index (χ1) is 7.15. The molecule has 0 bridgehead atoms. The smallest absolute Gasteiger partial charge is 0.249 e. The van der Waals surface area contributed by atoms with Crippen molar-refractivity contribution in [3.63, 3.8) is 0 Å². The molecule has 0 radical (unpaired) electrons. The van der Waals surface area contributed by atoms with E-state index in [9.17, 15) is 9.59 Å². The van der Waals surface area contributed by atoms with E-state index in [0.717, 1.165) is 10.2 Å². The van der Waals surface area contributed by atoms with Gasteiger partial charge in [-0.05, 0) is 18.2 Å². The van der Waals surface area contributed by atoms with Crippen LogP contribution in [0.5, 0.6) is 0 Å². The molecule has 1 atom stereocenters. The average Bonchev–Trinajstić information content (AvgIpc) is 2.45. The molecule has 0 aliphatic carbocycles. The van der Waals surface area contributed by atoms with E-state index in [4.69, 9.17) is 0 Å². The van der Waals surface area contributed by atoms with Crippen molar-refractivity contribution in [3.8, 4) is 0 Å². The van der Waals surface area contributed by atoms with Gasteiger partial charge in [0.05, 0.1) is 6.42 Å². The SMILES string of the molecule is O=C1CC(Nc2cccc(Br)c2)C(=O)N1. The van der Waals surface area contributed by atoms with Crippen molar-refractivity contribution < 1.29 is 9.59 Å². The highest BCUT2D eigenvalue weighted by Crippen LogP contribution is 2.18. The van der Waals surface area contributed by atoms with E-state index >= 15 is 0 Å². The van der Waals surface area contributed by atoms with Gasteiger partial charge in [0.2, 0.25) is 11.8 Å². The zero-order chi connectivity index (χ0) is 10.8. The number of benzene rings is 1. The Kier molecular flexibility index (Phi) is 2.73. The van der Waals surface area contributed by atoms with Crippen LogP contribution in [0.2, 0.25) is 0 Å². The third kappa shape index (κ3) is 2.36. The number of carbonyl (C=O) groups excluding carboxylic acids is 2. The van der Waals surface area contributed by atoms with Crippen molar-refractivity contribution >= 4 is 33.4 Å². The molecule has 0 spiro atoms. The third-order valence-electron chi connectivity index (χ3n) is 2.13. The predicted octanol–water partition coefficient (Wildman–Crippen LogP) is 1.28. The second-order valence-electron chi connectivity index (χ2n) is 3.32. The molecule has 2 amide bonds. The number of carbonyl (C=O) groups is 2. The van der Waals surface area contributed by atoms with Gasteiger partial charge < -0.3 is 5.32 Å². The van der Waals surface area contributed by atoms with Gasteiger partial charge in [0.25, 0.3) is 0 Å². The molecule has 1 aliphatic rings.